The van der Waals surface area contributed by atoms with Crippen molar-refractivity contribution in [2.24, 2.45) is 0 Å². The van der Waals surface area contributed by atoms with Crippen molar-refractivity contribution in [1.29, 1.82) is 0 Å². The normalized spacial score (nSPS) is 17.3. The van der Waals surface area contributed by atoms with E-state index in [9.17, 15) is 22.8 Å². The zero-order valence-corrected chi connectivity index (χ0v) is 13.5. The molecule has 136 valence electrons. The Kier molecular flexibility index (Phi) is 4.83. The van der Waals surface area contributed by atoms with Crippen LogP contribution in [-0.4, -0.2) is 31.3 Å². The molecule has 1 aliphatic rings. The largest absolute Gasteiger partial charge is 0.573 e. The van der Waals surface area contributed by atoms with E-state index in [0.29, 0.717) is 18.5 Å². The van der Waals surface area contributed by atoms with Crippen LogP contribution in [0.25, 0.3) is 0 Å². The minimum Gasteiger partial charge on any atom is -0.406 e. The van der Waals surface area contributed by atoms with Crippen molar-refractivity contribution in [2.45, 2.75) is 18.8 Å². The highest BCUT2D eigenvalue weighted by atomic mass is 19.4. The number of halogens is 3. The summed E-state index contributed by atoms with van der Waals surface area (Å²) >= 11 is 0. The Balaban J connectivity index is 1.81. The quantitative estimate of drug-likeness (QED) is 0.765. The van der Waals surface area contributed by atoms with Crippen molar-refractivity contribution in [3.63, 3.8) is 0 Å². The number of hydrogen-bond donors (Lipinski definition) is 0. The van der Waals surface area contributed by atoms with Gasteiger partial charge >= 0.3 is 6.36 Å². The average Bonchev–Trinajstić information content (AvgIpc) is 2.97. The highest BCUT2D eigenvalue weighted by Gasteiger charge is 2.37. The number of benzene rings is 2. The van der Waals surface area contributed by atoms with Gasteiger partial charge in [0, 0.05) is 24.0 Å². The summed E-state index contributed by atoms with van der Waals surface area (Å²) in [5.41, 5.74) is 0.870. The van der Waals surface area contributed by atoms with Crippen LogP contribution in [0.5, 0.6) is 5.75 Å². The van der Waals surface area contributed by atoms with Crippen LogP contribution in [-0.2, 0) is 9.59 Å². The maximum absolute atomic E-state index is 12.7. The van der Waals surface area contributed by atoms with E-state index >= 15 is 0 Å². The first-order valence-electron chi connectivity index (χ1n) is 7.85. The highest BCUT2D eigenvalue weighted by molar-refractivity contribution is 6.04. The molecule has 0 bridgehead atoms. The van der Waals surface area contributed by atoms with E-state index in [4.69, 9.17) is 0 Å². The molecule has 8 heteroatoms. The lowest BCUT2D eigenvalue weighted by molar-refractivity contribution is -0.274. The molecule has 0 aromatic heterocycles. The van der Waals surface area contributed by atoms with Gasteiger partial charge in [-0.15, -0.1) is 13.2 Å². The zero-order chi connectivity index (χ0) is 18.7. The van der Waals surface area contributed by atoms with Gasteiger partial charge in [-0.05, 0) is 30.7 Å². The van der Waals surface area contributed by atoms with Gasteiger partial charge in [-0.3, -0.25) is 9.59 Å². The molecule has 1 atom stereocenters. The third kappa shape index (κ3) is 3.79. The first kappa shape index (κ1) is 17.8. The third-order valence-corrected chi connectivity index (χ3v) is 4.04. The Labute approximate surface area is 147 Å². The molecule has 0 aliphatic carbocycles. The first-order chi connectivity index (χ1) is 12.4. The minimum absolute atomic E-state index is 0.288. The van der Waals surface area contributed by atoms with Crippen molar-refractivity contribution in [2.75, 3.05) is 16.3 Å². The Bertz CT molecular complexity index is 796. The number of para-hydroxylation sites is 1. The van der Waals surface area contributed by atoms with Crippen molar-refractivity contribution in [1.82, 2.24) is 0 Å². The van der Waals surface area contributed by atoms with Gasteiger partial charge in [0.2, 0.25) is 12.3 Å². The monoisotopic (exact) mass is 364 g/mol. The summed E-state index contributed by atoms with van der Waals surface area (Å²) < 4.78 is 41.0. The molecule has 5 nitrogen and oxygen atoms in total. The summed E-state index contributed by atoms with van der Waals surface area (Å²) in [5.74, 6) is -0.758. The van der Waals surface area contributed by atoms with Gasteiger partial charge in [-0.1, -0.05) is 24.3 Å². The minimum atomic E-state index is -4.81. The highest BCUT2D eigenvalue weighted by Crippen LogP contribution is 2.31. The number of ether oxygens (including phenoxy) is 1. The van der Waals surface area contributed by atoms with E-state index < -0.39 is 18.2 Å². The Morgan fingerprint density at radius 1 is 1.12 bits per heavy atom. The third-order valence-electron chi connectivity index (χ3n) is 4.04. The van der Waals surface area contributed by atoms with Crippen LogP contribution < -0.4 is 14.5 Å². The van der Waals surface area contributed by atoms with Crippen LogP contribution in [0.15, 0.2) is 54.6 Å². The summed E-state index contributed by atoms with van der Waals surface area (Å²) in [6.07, 6.45) is -3.85. The van der Waals surface area contributed by atoms with E-state index in [2.05, 4.69) is 4.74 Å². The van der Waals surface area contributed by atoms with E-state index in [1.54, 1.807) is 30.3 Å². The van der Waals surface area contributed by atoms with E-state index in [1.165, 1.54) is 21.9 Å². The smallest absolute Gasteiger partial charge is 0.406 e. The predicted molar refractivity (Wildman–Crippen MR) is 88.9 cm³/mol. The van der Waals surface area contributed by atoms with Gasteiger partial charge in [0.1, 0.15) is 11.8 Å². The summed E-state index contributed by atoms with van der Waals surface area (Å²) in [4.78, 5) is 26.9. The van der Waals surface area contributed by atoms with Crippen molar-refractivity contribution in [3.05, 3.63) is 54.6 Å². The van der Waals surface area contributed by atoms with Crippen LogP contribution in [0.1, 0.15) is 6.42 Å². The van der Waals surface area contributed by atoms with Crippen LogP contribution in [0.3, 0.4) is 0 Å². The van der Waals surface area contributed by atoms with Crippen LogP contribution in [0.4, 0.5) is 24.5 Å². The number of amides is 2. The maximum Gasteiger partial charge on any atom is 0.573 e. The fraction of sp³-hybridized carbons (Fsp3) is 0.222. The molecule has 1 unspecified atom stereocenters. The van der Waals surface area contributed by atoms with Gasteiger partial charge in [-0.2, -0.15) is 0 Å². The molecule has 0 N–H and O–H groups in total. The van der Waals surface area contributed by atoms with Crippen LogP contribution >= 0.6 is 0 Å². The zero-order valence-electron chi connectivity index (χ0n) is 13.5. The Morgan fingerprint density at radius 2 is 1.85 bits per heavy atom. The molecule has 2 aromatic rings. The molecule has 1 aliphatic heterocycles. The molecule has 2 amide bonds. The Morgan fingerprint density at radius 3 is 2.50 bits per heavy atom. The number of anilines is 2. The standard InChI is InChI=1S/C18H15F3N2O3/c19-18(20,21)26-15-8-4-7-14(11-15)22-10-9-16(17(22)25)23(12-24)13-5-2-1-3-6-13/h1-8,11-12,16H,9-10H2. The van der Waals surface area contributed by atoms with Crippen molar-refractivity contribution in [3.8, 4) is 5.75 Å². The molecule has 26 heavy (non-hydrogen) atoms. The number of rotatable bonds is 5. The molecule has 1 saturated heterocycles. The van der Waals surface area contributed by atoms with Gasteiger partial charge in [0.15, 0.2) is 0 Å². The fourth-order valence-electron chi connectivity index (χ4n) is 2.94. The van der Waals surface area contributed by atoms with Crippen LogP contribution in [0.2, 0.25) is 0 Å². The number of carbonyl (C=O) groups excluding carboxylic acids is 2. The van der Waals surface area contributed by atoms with E-state index in [0.717, 1.165) is 12.1 Å². The van der Waals surface area contributed by atoms with Gasteiger partial charge in [0.25, 0.3) is 0 Å². The number of nitrogens with zero attached hydrogens (tertiary/aromatic N) is 2. The average molecular weight is 364 g/mol. The van der Waals surface area contributed by atoms with Crippen molar-refractivity contribution >= 4 is 23.7 Å². The topological polar surface area (TPSA) is 49.9 Å². The maximum atomic E-state index is 12.7. The number of alkyl halides is 3. The summed E-state index contributed by atoms with van der Waals surface area (Å²) in [7, 11) is 0. The molecule has 0 radical (unpaired) electrons. The fourth-order valence-corrected chi connectivity index (χ4v) is 2.94. The molecule has 3 rings (SSSR count). The van der Waals surface area contributed by atoms with E-state index in [1.807, 2.05) is 0 Å². The summed E-state index contributed by atoms with van der Waals surface area (Å²) in [6.45, 7) is 0.288. The summed E-state index contributed by atoms with van der Waals surface area (Å²) in [5, 5.41) is 0. The first-order valence-corrected chi connectivity index (χ1v) is 7.85. The predicted octanol–water partition coefficient (Wildman–Crippen LogP) is 3.35. The second kappa shape index (κ2) is 7.07. The lowest BCUT2D eigenvalue weighted by Gasteiger charge is -2.24. The van der Waals surface area contributed by atoms with Gasteiger partial charge in [-0.25, -0.2) is 0 Å². The molecule has 0 saturated carbocycles. The SMILES string of the molecule is O=CN(c1ccccc1)C1CCN(c2cccc(OC(F)(F)F)c2)C1=O. The van der Waals surface area contributed by atoms with E-state index in [-0.39, 0.29) is 18.1 Å². The molecule has 1 heterocycles. The molecule has 0 spiro atoms. The number of carbonyl (C=O) groups is 2. The molecular formula is C18H15F3N2O3. The lowest BCUT2D eigenvalue weighted by Crippen LogP contribution is -2.41. The lowest BCUT2D eigenvalue weighted by atomic mass is 10.2. The molecule has 2 aromatic carbocycles. The number of hydrogen-bond acceptors (Lipinski definition) is 3. The second-order valence-corrected chi connectivity index (χ2v) is 5.69. The second-order valence-electron chi connectivity index (χ2n) is 5.69. The van der Waals surface area contributed by atoms with Crippen molar-refractivity contribution < 1.29 is 27.5 Å². The molecule has 1 fully saturated rings. The Hall–Kier alpha value is -3.03. The summed E-state index contributed by atoms with van der Waals surface area (Å²) in [6, 6.07) is 13.2. The molecular weight excluding hydrogens is 349 g/mol. The van der Waals surface area contributed by atoms with Gasteiger partial charge < -0.3 is 14.5 Å². The van der Waals surface area contributed by atoms with Crippen LogP contribution in [0, 0.1) is 0 Å². The van der Waals surface area contributed by atoms with Gasteiger partial charge in [0.05, 0.1) is 0 Å².